The lowest BCUT2D eigenvalue weighted by Crippen LogP contribution is -2.27. The Balaban J connectivity index is 1.82. The molecule has 0 saturated heterocycles. The highest BCUT2D eigenvalue weighted by molar-refractivity contribution is 5.92. The maximum atomic E-state index is 12.7. The van der Waals surface area contributed by atoms with E-state index < -0.39 is 0 Å². The molecule has 0 aliphatic rings. The SMILES string of the molecule is Cc1cccc(NC(=O)Cn2ccc3cc(OC(C)C)ccc3c2=O)c1C. The Morgan fingerprint density at radius 1 is 1.15 bits per heavy atom. The highest BCUT2D eigenvalue weighted by atomic mass is 16.5. The quantitative estimate of drug-likeness (QED) is 0.743. The van der Waals surface area contributed by atoms with Gasteiger partial charge in [0, 0.05) is 17.3 Å². The minimum atomic E-state index is -0.232. The summed E-state index contributed by atoms with van der Waals surface area (Å²) in [5, 5.41) is 4.25. The standard InChI is InChI=1S/C22H24N2O3/c1-14(2)27-18-8-9-19-17(12-18)10-11-24(22(19)26)13-21(25)23-20-7-5-6-15(3)16(20)4/h5-12,14H,13H2,1-4H3,(H,23,25). The fourth-order valence-electron chi connectivity index (χ4n) is 2.97. The lowest BCUT2D eigenvalue weighted by atomic mass is 10.1. The van der Waals surface area contributed by atoms with E-state index in [-0.39, 0.29) is 24.1 Å². The molecule has 27 heavy (non-hydrogen) atoms. The van der Waals surface area contributed by atoms with Crippen LogP contribution in [-0.4, -0.2) is 16.6 Å². The number of anilines is 1. The highest BCUT2D eigenvalue weighted by Gasteiger charge is 2.10. The molecule has 0 aliphatic carbocycles. The summed E-state index contributed by atoms with van der Waals surface area (Å²) in [7, 11) is 0. The van der Waals surface area contributed by atoms with Crippen LogP contribution in [0.4, 0.5) is 5.69 Å². The summed E-state index contributed by atoms with van der Waals surface area (Å²) in [6.07, 6.45) is 1.71. The van der Waals surface area contributed by atoms with Gasteiger partial charge in [0.05, 0.1) is 6.10 Å². The molecule has 0 aliphatic heterocycles. The molecular weight excluding hydrogens is 340 g/mol. The van der Waals surface area contributed by atoms with E-state index in [0.29, 0.717) is 5.39 Å². The van der Waals surface area contributed by atoms with Crippen molar-refractivity contribution in [3.8, 4) is 5.75 Å². The van der Waals surface area contributed by atoms with E-state index in [0.717, 1.165) is 28.0 Å². The molecule has 5 nitrogen and oxygen atoms in total. The van der Waals surface area contributed by atoms with Crippen LogP contribution in [0.3, 0.4) is 0 Å². The van der Waals surface area contributed by atoms with Crippen LogP contribution in [0.15, 0.2) is 53.5 Å². The van der Waals surface area contributed by atoms with Gasteiger partial charge < -0.3 is 14.6 Å². The number of hydrogen-bond acceptors (Lipinski definition) is 3. The summed E-state index contributed by atoms with van der Waals surface area (Å²) >= 11 is 0. The zero-order valence-electron chi connectivity index (χ0n) is 16.1. The summed E-state index contributed by atoms with van der Waals surface area (Å²) in [6, 6.07) is 13.0. The Kier molecular flexibility index (Phi) is 5.31. The van der Waals surface area contributed by atoms with Crippen LogP contribution < -0.4 is 15.6 Å². The van der Waals surface area contributed by atoms with E-state index in [1.54, 1.807) is 18.3 Å². The average molecular weight is 364 g/mol. The number of nitrogens with zero attached hydrogens (tertiary/aromatic N) is 1. The number of aryl methyl sites for hydroxylation is 1. The number of rotatable bonds is 5. The van der Waals surface area contributed by atoms with Gasteiger partial charge in [-0.2, -0.15) is 0 Å². The molecule has 1 N–H and O–H groups in total. The third-order valence-corrected chi connectivity index (χ3v) is 4.51. The van der Waals surface area contributed by atoms with Gasteiger partial charge in [-0.05, 0) is 74.5 Å². The van der Waals surface area contributed by atoms with Gasteiger partial charge in [0.15, 0.2) is 0 Å². The molecule has 3 rings (SSSR count). The topological polar surface area (TPSA) is 60.3 Å². The molecule has 3 aromatic rings. The zero-order valence-corrected chi connectivity index (χ0v) is 16.1. The average Bonchev–Trinajstić information content (AvgIpc) is 2.61. The summed E-state index contributed by atoms with van der Waals surface area (Å²) in [5.41, 5.74) is 2.70. The Bertz CT molecular complexity index is 1050. The second-order valence-corrected chi connectivity index (χ2v) is 6.96. The number of ether oxygens (including phenoxy) is 1. The van der Waals surface area contributed by atoms with Crippen LogP contribution in [0.5, 0.6) is 5.75 Å². The first kappa shape index (κ1) is 18.7. The minimum Gasteiger partial charge on any atom is -0.491 e. The van der Waals surface area contributed by atoms with Crippen LogP contribution in [-0.2, 0) is 11.3 Å². The summed E-state index contributed by atoms with van der Waals surface area (Å²) in [5.74, 6) is 0.493. The van der Waals surface area contributed by atoms with Crippen molar-refractivity contribution in [3.05, 3.63) is 70.1 Å². The molecule has 5 heteroatoms. The Morgan fingerprint density at radius 2 is 1.93 bits per heavy atom. The number of hydrogen-bond donors (Lipinski definition) is 1. The summed E-state index contributed by atoms with van der Waals surface area (Å²) < 4.78 is 7.09. The first-order valence-corrected chi connectivity index (χ1v) is 9.01. The van der Waals surface area contributed by atoms with Crippen LogP contribution in [0.25, 0.3) is 10.8 Å². The van der Waals surface area contributed by atoms with E-state index in [9.17, 15) is 9.59 Å². The number of benzene rings is 2. The predicted molar refractivity (Wildman–Crippen MR) is 109 cm³/mol. The molecule has 0 spiro atoms. The lowest BCUT2D eigenvalue weighted by molar-refractivity contribution is -0.116. The molecule has 0 atom stereocenters. The Labute approximate surface area is 158 Å². The largest absolute Gasteiger partial charge is 0.491 e. The van der Waals surface area contributed by atoms with E-state index >= 15 is 0 Å². The van der Waals surface area contributed by atoms with Crippen molar-refractivity contribution in [2.24, 2.45) is 0 Å². The molecule has 2 aromatic carbocycles. The third kappa shape index (κ3) is 4.19. The van der Waals surface area contributed by atoms with Gasteiger partial charge >= 0.3 is 0 Å². The van der Waals surface area contributed by atoms with Crippen LogP contribution in [0, 0.1) is 13.8 Å². The molecule has 1 amide bonds. The van der Waals surface area contributed by atoms with Gasteiger partial charge in [0.2, 0.25) is 5.91 Å². The first-order valence-electron chi connectivity index (χ1n) is 9.01. The van der Waals surface area contributed by atoms with Gasteiger partial charge in [-0.1, -0.05) is 12.1 Å². The lowest BCUT2D eigenvalue weighted by Gasteiger charge is -2.13. The number of fused-ring (bicyclic) bond motifs is 1. The van der Waals surface area contributed by atoms with E-state index in [4.69, 9.17) is 4.74 Å². The van der Waals surface area contributed by atoms with Gasteiger partial charge in [0.25, 0.3) is 5.56 Å². The van der Waals surface area contributed by atoms with Crippen LogP contribution >= 0.6 is 0 Å². The van der Waals surface area contributed by atoms with Gasteiger partial charge in [-0.3, -0.25) is 9.59 Å². The molecular formula is C22H24N2O3. The summed E-state index contributed by atoms with van der Waals surface area (Å²) in [4.78, 5) is 25.1. The van der Waals surface area contributed by atoms with Crippen molar-refractivity contribution in [3.63, 3.8) is 0 Å². The maximum absolute atomic E-state index is 12.7. The van der Waals surface area contributed by atoms with E-state index in [1.165, 1.54) is 4.57 Å². The van der Waals surface area contributed by atoms with Crippen molar-refractivity contribution >= 4 is 22.4 Å². The molecule has 140 valence electrons. The number of amides is 1. The second kappa shape index (κ2) is 7.66. The molecule has 0 bridgehead atoms. The number of pyridine rings is 1. The number of carbonyl (C=O) groups is 1. The fourth-order valence-corrected chi connectivity index (χ4v) is 2.97. The summed E-state index contributed by atoms with van der Waals surface area (Å²) in [6.45, 7) is 7.83. The smallest absolute Gasteiger partial charge is 0.258 e. The van der Waals surface area contributed by atoms with Crippen molar-refractivity contribution in [1.29, 1.82) is 0 Å². The van der Waals surface area contributed by atoms with Crippen LogP contribution in [0.1, 0.15) is 25.0 Å². The molecule has 0 saturated carbocycles. The molecule has 0 unspecified atom stereocenters. The second-order valence-electron chi connectivity index (χ2n) is 6.96. The first-order chi connectivity index (χ1) is 12.8. The van der Waals surface area contributed by atoms with Gasteiger partial charge in [-0.25, -0.2) is 0 Å². The normalized spacial score (nSPS) is 11.0. The minimum absolute atomic E-state index is 0.0353. The van der Waals surface area contributed by atoms with E-state index in [1.807, 2.05) is 58.0 Å². The molecule has 0 fully saturated rings. The Morgan fingerprint density at radius 3 is 2.67 bits per heavy atom. The van der Waals surface area contributed by atoms with Crippen molar-refractivity contribution in [2.75, 3.05) is 5.32 Å². The van der Waals surface area contributed by atoms with Gasteiger partial charge in [-0.15, -0.1) is 0 Å². The molecule has 1 heterocycles. The monoisotopic (exact) mass is 364 g/mol. The van der Waals surface area contributed by atoms with E-state index in [2.05, 4.69) is 5.32 Å². The fraction of sp³-hybridized carbons (Fsp3) is 0.273. The molecule has 0 radical (unpaired) electrons. The number of aromatic nitrogens is 1. The van der Waals surface area contributed by atoms with Crippen molar-refractivity contribution < 1.29 is 9.53 Å². The zero-order chi connectivity index (χ0) is 19.6. The number of nitrogens with one attached hydrogen (secondary N) is 1. The van der Waals surface area contributed by atoms with Crippen molar-refractivity contribution in [1.82, 2.24) is 4.57 Å². The van der Waals surface area contributed by atoms with Crippen molar-refractivity contribution in [2.45, 2.75) is 40.3 Å². The highest BCUT2D eigenvalue weighted by Crippen LogP contribution is 2.20. The Hall–Kier alpha value is -3.08. The molecule has 1 aromatic heterocycles. The maximum Gasteiger partial charge on any atom is 0.258 e. The van der Waals surface area contributed by atoms with Gasteiger partial charge in [0.1, 0.15) is 12.3 Å². The third-order valence-electron chi connectivity index (χ3n) is 4.51. The number of carbonyl (C=O) groups excluding carboxylic acids is 1. The van der Waals surface area contributed by atoms with Crippen LogP contribution in [0.2, 0.25) is 0 Å². The predicted octanol–water partition coefficient (Wildman–Crippen LogP) is 4.04.